The number of urea groups is 1. The van der Waals surface area contributed by atoms with Gasteiger partial charge in [0.25, 0.3) is 11.8 Å². The molecule has 0 radical (unpaired) electrons. The van der Waals surface area contributed by atoms with Gasteiger partial charge in [0.2, 0.25) is 0 Å². The molecule has 4 amide bonds. The number of nitrogens with zero attached hydrogens (tertiary/aromatic N) is 3. The van der Waals surface area contributed by atoms with Gasteiger partial charge in [-0.3, -0.25) is 14.9 Å². The highest BCUT2D eigenvalue weighted by atomic mass is 19.1. The highest BCUT2D eigenvalue weighted by Gasteiger charge is 2.50. The third-order valence-electron chi connectivity index (χ3n) is 5.63. The number of amides is 4. The van der Waals surface area contributed by atoms with Crippen molar-refractivity contribution >= 4 is 17.8 Å². The zero-order valence-corrected chi connectivity index (χ0v) is 16.1. The maximum absolute atomic E-state index is 13.6. The molecule has 1 aromatic heterocycles. The lowest BCUT2D eigenvalue weighted by Crippen LogP contribution is -2.52. The van der Waals surface area contributed by atoms with Gasteiger partial charge in [-0.25, -0.2) is 9.18 Å². The first-order chi connectivity index (χ1) is 14.9. The average molecular weight is 420 g/mol. The Morgan fingerprint density at radius 2 is 1.87 bits per heavy atom. The van der Waals surface area contributed by atoms with E-state index in [1.54, 1.807) is 42.7 Å². The molecular formula is C21H17FN6O3. The molecule has 2 aliphatic heterocycles. The summed E-state index contributed by atoms with van der Waals surface area (Å²) >= 11 is 0. The number of hydrogen-bond donors (Lipinski definition) is 3. The number of rotatable bonds is 4. The number of imide groups is 1. The lowest BCUT2D eigenvalue weighted by atomic mass is 9.88. The molecule has 0 bridgehead atoms. The van der Waals surface area contributed by atoms with Gasteiger partial charge in [0.05, 0.1) is 18.9 Å². The number of halogens is 1. The largest absolute Gasteiger partial charge is 0.331 e. The number of carbonyl (C=O) groups excluding carboxylic acids is 3. The number of hydrogen-bond acceptors (Lipinski definition) is 5. The third kappa shape index (κ3) is 3.00. The van der Waals surface area contributed by atoms with Gasteiger partial charge in [-0.2, -0.15) is 9.89 Å². The molecule has 156 valence electrons. The predicted molar refractivity (Wildman–Crippen MR) is 107 cm³/mol. The van der Waals surface area contributed by atoms with Crippen molar-refractivity contribution in [3.05, 3.63) is 77.4 Å². The number of fused-ring (bicyclic) bond motifs is 1. The van der Waals surface area contributed by atoms with Crippen LogP contribution in [0.4, 0.5) is 9.18 Å². The summed E-state index contributed by atoms with van der Waals surface area (Å²) < 4.78 is 13.6. The lowest BCUT2D eigenvalue weighted by molar-refractivity contribution is -0.124. The maximum atomic E-state index is 13.6. The van der Waals surface area contributed by atoms with Crippen LogP contribution in [0.2, 0.25) is 0 Å². The SMILES string of the molecule is Nn1cc(-c2ccc(C3(CN4Cc5ccc(F)cc5C4=O)NC(=O)NC3=O)cc2)cn1. The molecule has 0 aliphatic carbocycles. The summed E-state index contributed by atoms with van der Waals surface area (Å²) in [5, 5.41) is 8.87. The van der Waals surface area contributed by atoms with E-state index in [1.807, 2.05) is 0 Å². The van der Waals surface area contributed by atoms with E-state index in [-0.39, 0.29) is 18.7 Å². The van der Waals surface area contributed by atoms with Crippen LogP contribution in [-0.2, 0) is 16.9 Å². The van der Waals surface area contributed by atoms with Crippen LogP contribution in [0, 0.1) is 5.82 Å². The number of benzene rings is 2. The number of nitrogens with one attached hydrogen (secondary N) is 2. The van der Waals surface area contributed by atoms with Crippen LogP contribution >= 0.6 is 0 Å². The molecule has 0 saturated carbocycles. The molecule has 4 N–H and O–H groups in total. The average Bonchev–Trinajstić information content (AvgIpc) is 3.39. The van der Waals surface area contributed by atoms with Crippen LogP contribution in [-0.4, -0.2) is 39.2 Å². The summed E-state index contributed by atoms with van der Waals surface area (Å²) in [7, 11) is 0. The van der Waals surface area contributed by atoms with Gasteiger partial charge in [-0.15, -0.1) is 0 Å². The Balaban J connectivity index is 1.49. The van der Waals surface area contributed by atoms with Crippen molar-refractivity contribution in [2.45, 2.75) is 12.1 Å². The minimum absolute atomic E-state index is 0.0974. The van der Waals surface area contributed by atoms with Crippen LogP contribution in [0.3, 0.4) is 0 Å². The van der Waals surface area contributed by atoms with Gasteiger partial charge in [-0.1, -0.05) is 30.3 Å². The molecule has 3 aromatic rings. The number of nitrogens with two attached hydrogens (primary N) is 1. The minimum atomic E-state index is -1.47. The Morgan fingerprint density at radius 3 is 2.52 bits per heavy atom. The molecule has 2 aliphatic rings. The van der Waals surface area contributed by atoms with E-state index < -0.39 is 29.2 Å². The second-order valence-electron chi connectivity index (χ2n) is 7.56. The summed E-state index contributed by atoms with van der Waals surface area (Å²) in [5.74, 6) is 4.13. The summed E-state index contributed by atoms with van der Waals surface area (Å²) in [6.45, 7) is 0.118. The van der Waals surface area contributed by atoms with Crippen molar-refractivity contribution in [2.75, 3.05) is 12.4 Å². The molecule has 2 aromatic carbocycles. The Labute approximate surface area is 175 Å². The Kier molecular flexibility index (Phi) is 4.04. The molecule has 10 heteroatoms. The van der Waals surface area contributed by atoms with Crippen molar-refractivity contribution in [2.24, 2.45) is 0 Å². The first-order valence-electron chi connectivity index (χ1n) is 9.48. The molecule has 5 rings (SSSR count). The third-order valence-corrected chi connectivity index (χ3v) is 5.63. The summed E-state index contributed by atoms with van der Waals surface area (Å²) in [6, 6.07) is 10.4. The molecule has 3 heterocycles. The van der Waals surface area contributed by atoms with E-state index in [9.17, 15) is 18.8 Å². The van der Waals surface area contributed by atoms with E-state index in [0.717, 1.165) is 11.1 Å². The minimum Gasteiger partial charge on any atom is -0.331 e. The summed E-state index contributed by atoms with van der Waals surface area (Å²) in [5.41, 5.74) is 1.57. The fourth-order valence-corrected chi connectivity index (χ4v) is 4.08. The Hall–Kier alpha value is -4.21. The first-order valence-corrected chi connectivity index (χ1v) is 9.48. The first kappa shape index (κ1) is 18.8. The highest BCUT2D eigenvalue weighted by Crippen LogP contribution is 2.32. The smallest absolute Gasteiger partial charge is 0.322 e. The van der Waals surface area contributed by atoms with Crippen LogP contribution in [0.1, 0.15) is 21.5 Å². The van der Waals surface area contributed by atoms with E-state index in [2.05, 4.69) is 15.7 Å². The van der Waals surface area contributed by atoms with Crippen LogP contribution < -0.4 is 16.5 Å². The molecule has 0 spiro atoms. The lowest BCUT2D eigenvalue weighted by Gasteiger charge is -2.31. The highest BCUT2D eigenvalue weighted by molar-refractivity contribution is 6.08. The Morgan fingerprint density at radius 1 is 1.10 bits per heavy atom. The quantitative estimate of drug-likeness (QED) is 0.431. The van der Waals surface area contributed by atoms with Crippen LogP contribution in [0.15, 0.2) is 54.9 Å². The van der Waals surface area contributed by atoms with E-state index in [0.29, 0.717) is 11.1 Å². The standard InChI is InChI=1S/C21H17FN6O3/c22-16-6-3-13-9-27(18(29)17(13)7-16)11-21(19(30)25-20(31)26-21)15-4-1-12(2-5-15)14-8-24-28(23)10-14/h1-8,10H,9,11,23H2,(H2,25,26,30,31). The number of carbonyl (C=O) groups is 3. The predicted octanol–water partition coefficient (Wildman–Crippen LogP) is 1.09. The zero-order valence-electron chi connectivity index (χ0n) is 16.1. The van der Waals surface area contributed by atoms with Crippen LogP contribution in [0.5, 0.6) is 0 Å². The van der Waals surface area contributed by atoms with Crippen molar-refractivity contribution in [3.63, 3.8) is 0 Å². The second-order valence-corrected chi connectivity index (χ2v) is 7.56. The normalized spacial score (nSPS) is 20.0. The van der Waals surface area contributed by atoms with Gasteiger partial charge >= 0.3 is 6.03 Å². The molecule has 1 unspecified atom stereocenters. The Bertz CT molecular complexity index is 1240. The van der Waals surface area contributed by atoms with Gasteiger partial charge in [0, 0.05) is 17.7 Å². The topological polar surface area (TPSA) is 122 Å². The van der Waals surface area contributed by atoms with Crippen molar-refractivity contribution in [3.8, 4) is 11.1 Å². The molecule has 31 heavy (non-hydrogen) atoms. The monoisotopic (exact) mass is 420 g/mol. The molecule has 1 fully saturated rings. The second kappa shape index (κ2) is 6.66. The number of aromatic nitrogens is 2. The van der Waals surface area contributed by atoms with Crippen molar-refractivity contribution in [1.29, 1.82) is 0 Å². The maximum Gasteiger partial charge on any atom is 0.322 e. The van der Waals surface area contributed by atoms with Gasteiger partial charge in [0.15, 0.2) is 5.54 Å². The summed E-state index contributed by atoms with van der Waals surface area (Å²) in [4.78, 5) is 40.4. The molecule has 1 saturated heterocycles. The van der Waals surface area contributed by atoms with Gasteiger partial charge in [-0.05, 0) is 28.8 Å². The van der Waals surface area contributed by atoms with Crippen molar-refractivity contribution < 1.29 is 18.8 Å². The fourth-order valence-electron chi connectivity index (χ4n) is 4.08. The van der Waals surface area contributed by atoms with Crippen LogP contribution in [0.25, 0.3) is 11.1 Å². The van der Waals surface area contributed by atoms with Crippen molar-refractivity contribution in [1.82, 2.24) is 25.4 Å². The summed E-state index contributed by atoms with van der Waals surface area (Å²) in [6.07, 6.45) is 3.25. The molecular weight excluding hydrogens is 403 g/mol. The van der Waals surface area contributed by atoms with E-state index in [4.69, 9.17) is 5.84 Å². The molecule has 1 atom stereocenters. The van der Waals surface area contributed by atoms with E-state index >= 15 is 0 Å². The van der Waals surface area contributed by atoms with E-state index in [1.165, 1.54) is 21.8 Å². The zero-order chi connectivity index (χ0) is 21.8. The van der Waals surface area contributed by atoms with Gasteiger partial charge < -0.3 is 16.1 Å². The molecule has 9 nitrogen and oxygen atoms in total. The fraction of sp³-hybridized carbons (Fsp3) is 0.143. The number of nitrogen functional groups attached to an aromatic ring is 1. The van der Waals surface area contributed by atoms with Gasteiger partial charge in [0.1, 0.15) is 5.82 Å².